The van der Waals surface area contributed by atoms with Crippen molar-refractivity contribution in [2.75, 3.05) is 19.7 Å². The monoisotopic (exact) mass is 448 g/mol. The highest BCUT2D eigenvalue weighted by atomic mass is 35.5. The van der Waals surface area contributed by atoms with Gasteiger partial charge in [0, 0.05) is 28.7 Å². The van der Waals surface area contributed by atoms with Crippen molar-refractivity contribution >= 4 is 35.0 Å². The zero-order chi connectivity index (χ0) is 21.5. The van der Waals surface area contributed by atoms with E-state index in [4.69, 9.17) is 32.5 Å². The van der Waals surface area contributed by atoms with Gasteiger partial charge in [0.05, 0.1) is 0 Å². The van der Waals surface area contributed by atoms with Crippen molar-refractivity contribution in [1.82, 2.24) is 20.8 Å². The largest absolute Gasteiger partial charge is 0.484 e. The van der Waals surface area contributed by atoms with Crippen LogP contribution in [0.4, 0.5) is 0 Å². The number of carbonyl (C=O) groups excluding carboxylic acids is 2. The predicted octanol–water partition coefficient (Wildman–Crippen LogP) is 3.28. The molecule has 1 heterocycles. The molecule has 3 aromatic rings. The topological polar surface area (TPSA) is 106 Å². The van der Waals surface area contributed by atoms with Crippen LogP contribution in [0.25, 0.3) is 11.4 Å². The molecule has 0 aliphatic rings. The van der Waals surface area contributed by atoms with Crippen molar-refractivity contribution in [2.45, 2.75) is 6.92 Å². The molecule has 0 unspecified atom stereocenters. The van der Waals surface area contributed by atoms with E-state index in [2.05, 4.69) is 20.8 Å². The lowest BCUT2D eigenvalue weighted by atomic mass is 10.2. The van der Waals surface area contributed by atoms with Crippen LogP contribution < -0.4 is 15.4 Å². The van der Waals surface area contributed by atoms with E-state index < -0.39 is 5.91 Å². The van der Waals surface area contributed by atoms with Crippen molar-refractivity contribution < 1.29 is 18.8 Å². The normalized spacial score (nSPS) is 10.5. The number of nitrogens with one attached hydrogen (secondary N) is 2. The quantitative estimate of drug-likeness (QED) is 0.512. The third-order valence-electron chi connectivity index (χ3n) is 3.94. The molecule has 0 bridgehead atoms. The lowest BCUT2D eigenvalue weighted by Crippen LogP contribution is -2.36. The molecule has 30 heavy (non-hydrogen) atoms. The average molecular weight is 449 g/mol. The summed E-state index contributed by atoms with van der Waals surface area (Å²) in [7, 11) is 0. The van der Waals surface area contributed by atoms with Crippen molar-refractivity contribution in [3.63, 3.8) is 0 Å². The Morgan fingerprint density at radius 1 is 1.10 bits per heavy atom. The summed E-state index contributed by atoms with van der Waals surface area (Å²) in [5.41, 5.74) is 1.49. The molecule has 0 spiro atoms. The van der Waals surface area contributed by atoms with Gasteiger partial charge in [-0.25, -0.2) is 0 Å². The van der Waals surface area contributed by atoms with E-state index in [1.807, 2.05) is 6.92 Å². The number of aromatic nitrogens is 2. The number of benzene rings is 2. The first-order valence-corrected chi connectivity index (χ1v) is 9.71. The van der Waals surface area contributed by atoms with Crippen LogP contribution in [-0.4, -0.2) is 41.7 Å². The number of halogens is 2. The van der Waals surface area contributed by atoms with E-state index in [1.165, 1.54) is 0 Å². The molecule has 3 rings (SSSR count). The minimum Gasteiger partial charge on any atom is -0.484 e. The van der Waals surface area contributed by atoms with Gasteiger partial charge < -0.3 is 19.9 Å². The van der Waals surface area contributed by atoms with Crippen LogP contribution in [0.2, 0.25) is 10.0 Å². The molecular weight excluding hydrogens is 431 g/mol. The van der Waals surface area contributed by atoms with E-state index in [9.17, 15) is 9.59 Å². The zero-order valence-corrected chi connectivity index (χ0v) is 17.5. The first-order chi connectivity index (χ1) is 14.4. The van der Waals surface area contributed by atoms with Crippen LogP contribution in [-0.2, 0) is 4.79 Å². The van der Waals surface area contributed by atoms with E-state index in [-0.39, 0.29) is 37.3 Å². The van der Waals surface area contributed by atoms with Gasteiger partial charge in [-0.05, 0) is 42.8 Å². The first kappa shape index (κ1) is 21.6. The minimum atomic E-state index is -0.544. The predicted molar refractivity (Wildman–Crippen MR) is 112 cm³/mol. The number of rotatable bonds is 8. The molecular formula is C20H18Cl2N4O4. The van der Waals surface area contributed by atoms with Crippen LogP contribution in [0.15, 0.2) is 47.0 Å². The van der Waals surface area contributed by atoms with Crippen LogP contribution >= 0.6 is 23.2 Å². The number of hydrogen-bond acceptors (Lipinski definition) is 6. The Kier molecular flexibility index (Phi) is 7.26. The SMILES string of the molecule is Cc1cc(OCC(=O)NCCNC(=O)c2nc(-c3cccc(Cl)c3)no2)ccc1Cl. The fraction of sp³-hybridized carbons (Fsp3) is 0.200. The van der Waals surface area contributed by atoms with Gasteiger partial charge in [-0.2, -0.15) is 4.98 Å². The highest BCUT2D eigenvalue weighted by Crippen LogP contribution is 2.21. The fourth-order valence-electron chi connectivity index (χ4n) is 2.42. The van der Waals surface area contributed by atoms with E-state index in [0.717, 1.165) is 5.56 Å². The number of ether oxygens (including phenoxy) is 1. The van der Waals surface area contributed by atoms with Gasteiger partial charge in [-0.1, -0.05) is 40.5 Å². The van der Waals surface area contributed by atoms with E-state index in [1.54, 1.807) is 42.5 Å². The average Bonchev–Trinajstić information content (AvgIpc) is 3.22. The molecule has 0 aliphatic carbocycles. The molecule has 10 heteroatoms. The summed E-state index contributed by atoms with van der Waals surface area (Å²) in [6.07, 6.45) is 0. The minimum absolute atomic E-state index is 0.151. The Hall–Kier alpha value is -3.10. The van der Waals surface area contributed by atoms with Crippen LogP contribution in [0.3, 0.4) is 0 Å². The Morgan fingerprint density at radius 2 is 1.90 bits per heavy atom. The second kappa shape index (κ2) is 10.1. The number of aryl methyl sites for hydroxylation is 1. The van der Waals surface area contributed by atoms with Crippen molar-refractivity contribution in [3.8, 4) is 17.1 Å². The summed E-state index contributed by atoms with van der Waals surface area (Å²) in [6.45, 7) is 2.09. The van der Waals surface area contributed by atoms with Crippen molar-refractivity contribution in [3.05, 3.63) is 64.0 Å². The Labute approximate surface area is 182 Å². The molecule has 0 saturated heterocycles. The van der Waals surface area contributed by atoms with E-state index >= 15 is 0 Å². The maximum atomic E-state index is 12.1. The maximum Gasteiger partial charge on any atom is 0.316 e. The van der Waals surface area contributed by atoms with Gasteiger partial charge in [0.15, 0.2) is 6.61 Å². The molecule has 2 N–H and O–H groups in total. The lowest BCUT2D eigenvalue weighted by molar-refractivity contribution is -0.123. The molecule has 0 atom stereocenters. The summed E-state index contributed by atoms with van der Waals surface area (Å²) in [4.78, 5) is 28.0. The van der Waals surface area contributed by atoms with Gasteiger partial charge in [0.25, 0.3) is 5.91 Å². The lowest BCUT2D eigenvalue weighted by Gasteiger charge is -2.08. The second-order valence-corrected chi connectivity index (χ2v) is 7.08. The number of hydrogen-bond donors (Lipinski definition) is 2. The van der Waals surface area contributed by atoms with Gasteiger partial charge in [-0.3, -0.25) is 9.59 Å². The van der Waals surface area contributed by atoms with Crippen LogP contribution in [0, 0.1) is 6.92 Å². The summed E-state index contributed by atoms with van der Waals surface area (Å²) in [5.74, 6) is -0.244. The molecule has 0 aliphatic heterocycles. The Bertz CT molecular complexity index is 1050. The second-order valence-electron chi connectivity index (χ2n) is 6.24. The van der Waals surface area contributed by atoms with Gasteiger partial charge in [0.2, 0.25) is 5.82 Å². The summed E-state index contributed by atoms with van der Waals surface area (Å²) in [5, 5.41) is 10.1. The Morgan fingerprint density at radius 3 is 2.67 bits per heavy atom. The van der Waals surface area contributed by atoms with Gasteiger partial charge in [0.1, 0.15) is 5.75 Å². The molecule has 8 nitrogen and oxygen atoms in total. The Balaban J connectivity index is 1.39. The smallest absolute Gasteiger partial charge is 0.316 e. The zero-order valence-electron chi connectivity index (χ0n) is 15.9. The summed E-state index contributed by atoms with van der Waals surface area (Å²) < 4.78 is 10.4. The third kappa shape index (κ3) is 5.95. The van der Waals surface area contributed by atoms with Crippen molar-refractivity contribution in [1.29, 1.82) is 0 Å². The highest BCUT2D eigenvalue weighted by Gasteiger charge is 2.16. The van der Waals surface area contributed by atoms with Gasteiger partial charge in [-0.15, -0.1) is 0 Å². The molecule has 0 radical (unpaired) electrons. The van der Waals surface area contributed by atoms with Crippen LogP contribution in [0.5, 0.6) is 5.75 Å². The molecule has 2 aromatic carbocycles. The number of carbonyl (C=O) groups is 2. The summed E-state index contributed by atoms with van der Waals surface area (Å²) in [6, 6.07) is 12.0. The standard InChI is InChI=1S/C20H18Cl2N4O4/c1-12-9-15(5-6-16(12)22)29-11-17(27)23-7-8-24-19(28)20-25-18(26-30-20)13-3-2-4-14(21)10-13/h2-6,9-10H,7-8,11H2,1H3,(H,23,27)(H,24,28). The molecule has 1 aromatic heterocycles. The number of nitrogens with zero attached hydrogens (tertiary/aromatic N) is 2. The molecule has 0 saturated carbocycles. The molecule has 2 amide bonds. The van der Waals surface area contributed by atoms with E-state index in [0.29, 0.717) is 21.4 Å². The number of amides is 2. The van der Waals surface area contributed by atoms with Crippen molar-refractivity contribution in [2.24, 2.45) is 0 Å². The van der Waals surface area contributed by atoms with Gasteiger partial charge >= 0.3 is 11.8 Å². The highest BCUT2D eigenvalue weighted by molar-refractivity contribution is 6.31. The van der Waals surface area contributed by atoms with Crippen LogP contribution in [0.1, 0.15) is 16.2 Å². The first-order valence-electron chi connectivity index (χ1n) is 8.96. The molecule has 156 valence electrons. The third-order valence-corrected chi connectivity index (χ3v) is 4.59. The summed E-state index contributed by atoms with van der Waals surface area (Å²) >= 11 is 11.9. The maximum absolute atomic E-state index is 12.1. The fourth-order valence-corrected chi connectivity index (χ4v) is 2.73. The molecule has 0 fully saturated rings.